The molecule has 0 spiro atoms. The molecule has 0 saturated carbocycles. The molecule has 2 aromatic rings. The molecule has 0 saturated heterocycles. The first kappa shape index (κ1) is 9.86. The van der Waals surface area contributed by atoms with E-state index in [1.807, 2.05) is 0 Å². The highest BCUT2D eigenvalue weighted by Crippen LogP contribution is 2.39. The van der Waals surface area contributed by atoms with Gasteiger partial charge in [-0.05, 0) is 12.1 Å². The van der Waals surface area contributed by atoms with Gasteiger partial charge in [0.05, 0.1) is 0 Å². The maximum atomic E-state index is 12.6. The van der Waals surface area contributed by atoms with Gasteiger partial charge >= 0.3 is 0 Å². The monoisotopic (exact) mass is 278 g/mol. The molecule has 0 bridgehead atoms. The number of fused-ring (bicyclic) bond motifs is 1. The zero-order chi connectivity index (χ0) is 10.3. The minimum atomic E-state index is -2.57. The van der Waals surface area contributed by atoms with Gasteiger partial charge in [-0.25, -0.2) is 8.78 Å². The second-order valence-corrected chi connectivity index (χ2v) is 4.62. The molecular weight excluding hydrogens is 274 g/mol. The van der Waals surface area contributed by atoms with Crippen molar-refractivity contribution in [3.63, 3.8) is 0 Å². The molecule has 1 nitrogen and oxygen atoms in total. The van der Waals surface area contributed by atoms with Gasteiger partial charge in [0.2, 0.25) is 0 Å². The third-order valence-electron chi connectivity index (χ3n) is 1.89. The Hall–Kier alpha value is -0.680. The smallest absolute Gasteiger partial charge is 0.264 e. The number of benzene rings is 1. The van der Waals surface area contributed by atoms with Gasteiger partial charge in [0.25, 0.3) is 6.43 Å². The molecule has 0 atom stereocenters. The number of rotatable bonds is 1. The summed E-state index contributed by atoms with van der Waals surface area (Å²) in [5.74, 6) is -0.0761. The fraction of sp³-hybridized carbons (Fsp3) is 0.111. The zero-order valence-corrected chi connectivity index (χ0v) is 9.20. The molecule has 0 unspecified atom stereocenters. The van der Waals surface area contributed by atoms with E-state index in [1.54, 1.807) is 6.07 Å². The van der Waals surface area contributed by atoms with Crippen molar-refractivity contribution in [2.24, 2.45) is 0 Å². The van der Waals surface area contributed by atoms with Crippen LogP contribution in [0.3, 0.4) is 0 Å². The van der Waals surface area contributed by atoms with E-state index in [0.717, 1.165) is 0 Å². The van der Waals surface area contributed by atoms with Gasteiger partial charge in [0.15, 0.2) is 0 Å². The lowest BCUT2D eigenvalue weighted by atomic mass is 10.1. The van der Waals surface area contributed by atoms with Crippen LogP contribution < -0.4 is 0 Å². The van der Waals surface area contributed by atoms with Crippen LogP contribution in [0.2, 0.25) is 0 Å². The summed E-state index contributed by atoms with van der Waals surface area (Å²) < 4.78 is 26.5. The summed E-state index contributed by atoms with van der Waals surface area (Å²) in [4.78, 5) is 0. The van der Waals surface area contributed by atoms with Crippen LogP contribution in [0.15, 0.2) is 22.0 Å². The molecule has 0 aliphatic rings. The van der Waals surface area contributed by atoms with Gasteiger partial charge in [-0.3, -0.25) is 0 Å². The molecule has 14 heavy (non-hydrogen) atoms. The second-order valence-electron chi connectivity index (χ2n) is 2.79. The second kappa shape index (κ2) is 3.47. The minimum Gasteiger partial charge on any atom is -0.506 e. The molecule has 1 aromatic heterocycles. The van der Waals surface area contributed by atoms with E-state index in [-0.39, 0.29) is 16.7 Å². The number of hydrogen-bond acceptors (Lipinski definition) is 2. The number of alkyl halides is 2. The number of thiophene rings is 1. The van der Waals surface area contributed by atoms with Crippen LogP contribution in [-0.4, -0.2) is 5.11 Å². The lowest BCUT2D eigenvalue weighted by Gasteiger charge is -2.03. The van der Waals surface area contributed by atoms with Gasteiger partial charge in [-0.2, -0.15) is 0 Å². The first-order valence-electron chi connectivity index (χ1n) is 3.77. The van der Waals surface area contributed by atoms with E-state index >= 15 is 0 Å². The molecule has 0 amide bonds. The molecule has 1 aromatic carbocycles. The summed E-state index contributed by atoms with van der Waals surface area (Å²) in [5, 5.41) is 11.1. The molecular formula is C9H5BrF2OS. The molecule has 74 valence electrons. The molecule has 0 aliphatic heterocycles. The van der Waals surface area contributed by atoms with E-state index in [2.05, 4.69) is 15.9 Å². The Kier molecular flexibility index (Phi) is 2.45. The minimum absolute atomic E-state index is 0.0761. The molecule has 0 aliphatic carbocycles. The summed E-state index contributed by atoms with van der Waals surface area (Å²) in [6.07, 6.45) is -2.57. The molecule has 0 radical (unpaired) electrons. The number of halogens is 3. The van der Waals surface area contributed by atoms with Crippen molar-refractivity contribution in [2.45, 2.75) is 6.43 Å². The van der Waals surface area contributed by atoms with Crippen LogP contribution in [0.25, 0.3) is 10.1 Å². The van der Waals surface area contributed by atoms with Crippen LogP contribution in [0, 0.1) is 0 Å². The lowest BCUT2D eigenvalue weighted by molar-refractivity contribution is 0.153. The Bertz CT molecular complexity index is 481. The molecule has 0 fully saturated rings. The fourth-order valence-corrected chi connectivity index (χ4v) is 2.84. The standard InChI is InChI=1S/C9H5BrF2OS/c10-4-1-5(9(11)12)8-6(13)3-14-7(8)2-4/h1-3,9,13H. The Morgan fingerprint density at radius 2 is 2.07 bits per heavy atom. The maximum Gasteiger partial charge on any atom is 0.264 e. The van der Waals surface area contributed by atoms with Crippen molar-refractivity contribution < 1.29 is 13.9 Å². The van der Waals surface area contributed by atoms with Crippen LogP contribution in [-0.2, 0) is 0 Å². The summed E-state index contributed by atoms with van der Waals surface area (Å²) in [7, 11) is 0. The maximum absolute atomic E-state index is 12.6. The van der Waals surface area contributed by atoms with E-state index < -0.39 is 6.43 Å². The molecule has 5 heteroatoms. The highest BCUT2D eigenvalue weighted by Gasteiger charge is 2.16. The van der Waals surface area contributed by atoms with Crippen LogP contribution in [0.4, 0.5) is 8.78 Å². The first-order chi connectivity index (χ1) is 6.59. The topological polar surface area (TPSA) is 20.2 Å². The van der Waals surface area contributed by atoms with Crippen molar-refractivity contribution >= 4 is 37.4 Å². The van der Waals surface area contributed by atoms with Crippen molar-refractivity contribution in [3.8, 4) is 5.75 Å². The summed E-state index contributed by atoms with van der Waals surface area (Å²) in [6.45, 7) is 0. The third kappa shape index (κ3) is 1.50. The number of aromatic hydroxyl groups is 1. The van der Waals surface area contributed by atoms with E-state index in [4.69, 9.17) is 0 Å². The average Bonchev–Trinajstić information content (AvgIpc) is 2.46. The Morgan fingerprint density at radius 3 is 2.71 bits per heavy atom. The Labute approximate surface area is 91.1 Å². The first-order valence-corrected chi connectivity index (χ1v) is 5.44. The summed E-state index contributed by atoms with van der Waals surface area (Å²) in [5.41, 5.74) is -0.131. The van der Waals surface area contributed by atoms with Crippen LogP contribution in [0.5, 0.6) is 5.75 Å². The fourth-order valence-electron chi connectivity index (χ4n) is 1.32. The van der Waals surface area contributed by atoms with Gasteiger partial charge < -0.3 is 5.11 Å². The Balaban J connectivity index is 2.83. The van der Waals surface area contributed by atoms with Crippen molar-refractivity contribution in [1.29, 1.82) is 0 Å². The van der Waals surface area contributed by atoms with Crippen LogP contribution in [0.1, 0.15) is 12.0 Å². The van der Waals surface area contributed by atoms with Gasteiger partial charge in [0.1, 0.15) is 5.75 Å². The van der Waals surface area contributed by atoms with Crippen molar-refractivity contribution in [2.75, 3.05) is 0 Å². The zero-order valence-electron chi connectivity index (χ0n) is 6.80. The van der Waals surface area contributed by atoms with E-state index in [1.165, 1.54) is 22.8 Å². The molecule has 1 heterocycles. The molecule has 1 N–H and O–H groups in total. The quantitative estimate of drug-likeness (QED) is 0.824. The van der Waals surface area contributed by atoms with Crippen molar-refractivity contribution in [1.82, 2.24) is 0 Å². The van der Waals surface area contributed by atoms with Crippen LogP contribution >= 0.6 is 27.3 Å². The highest BCUT2D eigenvalue weighted by molar-refractivity contribution is 9.10. The average molecular weight is 279 g/mol. The summed E-state index contributed by atoms with van der Waals surface area (Å²) >= 11 is 4.40. The SMILES string of the molecule is Oc1csc2cc(Br)cc(C(F)F)c12. The third-order valence-corrected chi connectivity index (χ3v) is 3.26. The Morgan fingerprint density at radius 1 is 1.36 bits per heavy atom. The van der Waals surface area contributed by atoms with Gasteiger partial charge in [-0.1, -0.05) is 15.9 Å². The highest BCUT2D eigenvalue weighted by atomic mass is 79.9. The molecule has 2 rings (SSSR count). The van der Waals surface area contributed by atoms with E-state index in [0.29, 0.717) is 9.17 Å². The predicted molar refractivity (Wildman–Crippen MR) is 56.1 cm³/mol. The number of hydrogen-bond donors (Lipinski definition) is 1. The predicted octanol–water partition coefficient (Wildman–Crippen LogP) is 4.31. The van der Waals surface area contributed by atoms with E-state index in [9.17, 15) is 13.9 Å². The van der Waals surface area contributed by atoms with Gasteiger partial charge in [-0.15, -0.1) is 11.3 Å². The largest absolute Gasteiger partial charge is 0.506 e. The van der Waals surface area contributed by atoms with Gasteiger partial charge in [0, 0.05) is 25.5 Å². The van der Waals surface area contributed by atoms with Crippen molar-refractivity contribution in [3.05, 3.63) is 27.5 Å². The lowest BCUT2D eigenvalue weighted by Crippen LogP contribution is -1.85. The summed E-state index contributed by atoms with van der Waals surface area (Å²) in [6, 6.07) is 3.05. The normalized spacial score (nSPS) is 11.4.